The van der Waals surface area contributed by atoms with Crippen molar-refractivity contribution in [2.45, 2.75) is 31.0 Å². The van der Waals surface area contributed by atoms with Crippen LogP contribution in [0.3, 0.4) is 0 Å². The lowest BCUT2D eigenvalue weighted by atomic mass is 9.97. The molecule has 15 heavy (non-hydrogen) atoms. The second kappa shape index (κ2) is 3.20. The number of nitrogens with zero attached hydrogens (tertiary/aromatic N) is 1. The van der Waals surface area contributed by atoms with Crippen LogP contribution in [0.4, 0.5) is 13.2 Å². The standard InChI is InChI=1S/C10H10F3NO/c11-10(12,13)9(3-4-9)8-7(6-15)2-1-5-14-8/h1-2,5,15H,3-4,6H2. The van der Waals surface area contributed by atoms with Gasteiger partial charge in [-0.25, -0.2) is 0 Å². The summed E-state index contributed by atoms with van der Waals surface area (Å²) < 4.78 is 38.3. The van der Waals surface area contributed by atoms with E-state index in [0.29, 0.717) is 0 Å². The molecule has 0 spiro atoms. The van der Waals surface area contributed by atoms with E-state index in [2.05, 4.69) is 4.98 Å². The van der Waals surface area contributed by atoms with Gasteiger partial charge in [-0.3, -0.25) is 4.98 Å². The fraction of sp³-hybridized carbons (Fsp3) is 0.500. The van der Waals surface area contributed by atoms with Crippen molar-refractivity contribution in [2.75, 3.05) is 0 Å². The lowest BCUT2D eigenvalue weighted by Gasteiger charge is -2.20. The summed E-state index contributed by atoms with van der Waals surface area (Å²) in [4.78, 5) is 3.77. The molecule has 1 aliphatic carbocycles. The van der Waals surface area contributed by atoms with Crippen LogP contribution in [-0.4, -0.2) is 16.3 Å². The van der Waals surface area contributed by atoms with Crippen LogP contribution in [0.1, 0.15) is 24.1 Å². The van der Waals surface area contributed by atoms with Gasteiger partial charge in [-0.15, -0.1) is 0 Å². The molecule has 82 valence electrons. The summed E-state index contributed by atoms with van der Waals surface area (Å²) in [5, 5.41) is 8.97. The molecule has 1 aromatic rings. The first kappa shape index (κ1) is 10.4. The monoisotopic (exact) mass is 217 g/mol. The first-order valence-corrected chi connectivity index (χ1v) is 4.63. The van der Waals surface area contributed by atoms with Gasteiger partial charge in [0.2, 0.25) is 0 Å². The highest BCUT2D eigenvalue weighted by Gasteiger charge is 2.65. The third kappa shape index (κ3) is 1.51. The van der Waals surface area contributed by atoms with Crippen LogP contribution in [0.2, 0.25) is 0 Å². The van der Waals surface area contributed by atoms with Crippen LogP contribution in [-0.2, 0) is 12.0 Å². The van der Waals surface area contributed by atoms with Crippen molar-refractivity contribution in [3.05, 3.63) is 29.6 Å². The Morgan fingerprint density at radius 1 is 1.40 bits per heavy atom. The minimum Gasteiger partial charge on any atom is -0.392 e. The van der Waals surface area contributed by atoms with E-state index >= 15 is 0 Å². The summed E-state index contributed by atoms with van der Waals surface area (Å²) in [5.74, 6) is 0. The van der Waals surface area contributed by atoms with Crippen LogP contribution in [0.5, 0.6) is 0 Å². The number of aliphatic hydroxyl groups excluding tert-OH is 1. The molecule has 1 saturated carbocycles. The fourth-order valence-electron chi connectivity index (χ4n) is 1.78. The second-order valence-corrected chi connectivity index (χ2v) is 3.75. The number of pyridine rings is 1. The predicted molar refractivity (Wildman–Crippen MR) is 47.1 cm³/mol. The molecule has 0 amide bonds. The van der Waals surface area contributed by atoms with Gasteiger partial charge in [-0.1, -0.05) is 6.07 Å². The highest BCUT2D eigenvalue weighted by Crippen LogP contribution is 2.58. The topological polar surface area (TPSA) is 33.1 Å². The quantitative estimate of drug-likeness (QED) is 0.823. The van der Waals surface area contributed by atoms with E-state index in [9.17, 15) is 13.2 Å². The molecule has 0 atom stereocenters. The van der Waals surface area contributed by atoms with Gasteiger partial charge in [0, 0.05) is 6.20 Å². The predicted octanol–water partition coefficient (Wildman–Crippen LogP) is 2.17. The summed E-state index contributed by atoms with van der Waals surface area (Å²) in [6.07, 6.45) is -2.80. The van der Waals surface area contributed by atoms with E-state index in [1.165, 1.54) is 18.3 Å². The van der Waals surface area contributed by atoms with Crippen molar-refractivity contribution in [3.8, 4) is 0 Å². The summed E-state index contributed by atoms with van der Waals surface area (Å²) in [7, 11) is 0. The van der Waals surface area contributed by atoms with Crippen LogP contribution in [0, 0.1) is 0 Å². The number of aliphatic hydroxyl groups is 1. The Kier molecular flexibility index (Phi) is 2.22. The number of alkyl halides is 3. The van der Waals surface area contributed by atoms with Crippen molar-refractivity contribution in [1.29, 1.82) is 0 Å². The molecule has 0 aliphatic heterocycles. The zero-order valence-electron chi connectivity index (χ0n) is 7.88. The van der Waals surface area contributed by atoms with E-state index in [1.54, 1.807) is 0 Å². The normalized spacial score (nSPS) is 18.9. The lowest BCUT2D eigenvalue weighted by molar-refractivity contribution is -0.161. The lowest BCUT2D eigenvalue weighted by Crippen LogP contribution is -2.30. The maximum atomic E-state index is 12.8. The molecule has 0 saturated heterocycles. The third-order valence-electron chi connectivity index (χ3n) is 2.81. The molecule has 1 fully saturated rings. The first-order valence-electron chi connectivity index (χ1n) is 4.63. The molecule has 5 heteroatoms. The minimum atomic E-state index is -4.27. The van der Waals surface area contributed by atoms with Crippen molar-refractivity contribution >= 4 is 0 Å². The molecule has 1 N–H and O–H groups in total. The van der Waals surface area contributed by atoms with E-state index in [4.69, 9.17) is 5.11 Å². The molecule has 1 heterocycles. The Balaban J connectivity index is 2.46. The molecule has 0 bridgehead atoms. The SMILES string of the molecule is OCc1cccnc1C1(C(F)(F)F)CC1. The number of hydrogen-bond acceptors (Lipinski definition) is 2. The van der Waals surface area contributed by atoms with Crippen LogP contribution < -0.4 is 0 Å². The van der Waals surface area contributed by atoms with E-state index in [0.717, 1.165) is 0 Å². The average molecular weight is 217 g/mol. The van der Waals surface area contributed by atoms with Gasteiger partial charge < -0.3 is 5.11 Å². The molecule has 0 radical (unpaired) electrons. The Hall–Kier alpha value is -1.10. The zero-order valence-corrected chi connectivity index (χ0v) is 7.88. The van der Waals surface area contributed by atoms with Gasteiger partial charge in [0.05, 0.1) is 12.3 Å². The molecule has 0 aromatic carbocycles. The maximum absolute atomic E-state index is 12.8. The largest absolute Gasteiger partial charge is 0.399 e. The Morgan fingerprint density at radius 3 is 2.53 bits per heavy atom. The van der Waals surface area contributed by atoms with Gasteiger partial charge in [0.25, 0.3) is 0 Å². The zero-order chi connectivity index (χ0) is 11.1. The molecular weight excluding hydrogens is 207 g/mol. The van der Waals surface area contributed by atoms with Crippen molar-refractivity contribution in [3.63, 3.8) is 0 Å². The molecule has 2 nitrogen and oxygen atoms in total. The summed E-state index contributed by atoms with van der Waals surface area (Å²) in [5.41, 5.74) is -1.54. The molecule has 0 unspecified atom stereocenters. The molecule has 2 rings (SSSR count). The number of hydrogen-bond donors (Lipinski definition) is 1. The minimum absolute atomic E-state index is 0.0139. The number of halogens is 3. The smallest absolute Gasteiger partial charge is 0.392 e. The molecular formula is C10H10F3NO. The first-order chi connectivity index (χ1) is 7.01. The number of rotatable bonds is 2. The van der Waals surface area contributed by atoms with Crippen LogP contribution in [0.15, 0.2) is 18.3 Å². The Morgan fingerprint density at radius 2 is 2.07 bits per heavy atom. The third-order valence-corrected chi connectivity index (χ3v) is 2.81. The van der Waals surface area contributed by atoms with Crippen molar-refractivity contribution in [1.82, 2.24) is 4.98 Å². The Labute approximate surface area is 84.8 Å². The van der Waals surface area contributed by atoms with Crippen LogP contribution in [0.25, 0.3) is 0 Å². The van der Waals surface area contributed by atoms with E-state index in [1.807, 2.05) is 0 Å². The summed E-state index contributed by atoms with van der Waals surface area (Å²) in [6.45, 7) is -0.402. The number of aromatic nitrogens is 1. The summed E-state index contributed by atoms with van der Waals surface area (Å²) >= 11 is 0. The van der Waals surface area contributed by atoms with E-state index < -0.39 is 18.2 Å². The van der Waals surface area contributed by atoms with Crippen molar-refractivity contribution < 1.29 is 18.3 Å². The van der Waals surface area contributed by atoms with Gasteiger partial charge in [0.15, 0.2) is 0 Å². The Bertz CT molecular complexity index is 371. The maximum Gasteiger partial charge on any atom is 0.399 e. The second-order valence-electron chi connectivity index (χ2n) is 3.75. The highest BCUT2D eigenvalue weighted by molar-refractivity contribution is 5.34. The van der Waals surface area contributed by atoms with E-state index in [-0.39, 0.29) is 24.1 Å². The fourth-order valence-corrected chi connectivity index (χ4v) is 1.78. The summed E-state index contributed by atoms with van der Waals surface area (Å²) in [6, 6.07) is 3.01. The highest BCUT2D eigenvalue weighted by atomic mass is 19.4. The van der Waals surface area contributed by atoms with Gasteiger partial charge in [-0.2, -0.15) is 13.2 Å². The average Bonchev–Trinajstić information content (AvgIpc) is 2.97. The van der Waals surface area contributed by atoms with Crippen LogP contribution >= 0.6 is 0 Å². The van der Waals surface area contributed by atoms with Crippen molar-refractivity contribution in [2.24, 2.45) is 0 Å². The molecule has 1 aromatic heterocycles. The van der Waals surface area contributed by atoms with Gasteiger partial charge >= 0.3 is 6.18 Å². The van der Waals surface area contributed by atoms with Gasteiger partial charge in [0.1, 0.15) is 5.41 Å². The van der Waals surface area contributed by atoms with Gasteiger partial charge in [-0.05, 0) is 24.5 Å². The molecule has 1 aliphatic rings.